The Balaban J connectivity index is 1.68. The third-order valence-corrected chi connectivity index (χ3v) is 4.01. The second-order valence-corrected chi connectivity index (χ2v) is 6.64. The van der Waals surface area contributed by atoms with Crippen molar-refractivity contribution in [1.29, 1.82) is 0 Å². The molecule has 2 aromatic rings. The van der Waals surface area contributed by atoms with Crippen LogP contribution in [0.1, 0.15) is 24.5 Å². The Bertz CT molecular complexity index is 734. The van der Waals surface area contributed by atoms with Crippen molar-refractivity contribution in [2.24, 2.45) is 0 Å². The van der Waals surface area contributed by atoms with Gasteiger partial charge in [0.1, 0.15) is 0 Å². The highest BCUT2D eigenvalue weighted by Crippen LogP contribution is 2.13. The molecule has 0 aliphatic heterocycles. The van der Waals surface area contributed by atoms with Gasteiger partial charge in [-0.05, 0) is 48.2 Å². The number of carbonyl (C=O) groups excluding carboxylic acids is 2. The summed E-state index contributed by atoms with van der Waals surface area (Å²) in [4.78, 5) is 22.9. The van der Waals surface area contributed by atoms with Crippen molar-refractivity contribution >= 4 is 33.6 Å². The van der Waals surface area contributed by atoms with Gasteiger partial charge >= 0.3 is 6.03 Å². The van der Waals surface area contributed by atoms with Crippen molar-refractivity contribution in [1.82, 2.24) is 10.6 Å². The van der Waals surface area contributed by atoms with Crippen LogP contribution in [0.25, 0.3) is 0 Å². The highest BCUT2D eigenvalue weighted by atomic mass is 79.9. The number of nitrogens with one attached hydrogen (secondary N) is 3. The molecule has 0 spiro atoms. The Morgan fingerprint density at radius 3 is 2.52 bits per heavy atom. The minimum absolute atomic E-state index is 0.117. The summed E-state index contributed by atoms with van der Waals surface area (Å²) in [5.74, 6) is -0.117. The molecule has 0 saturated carbocycles. The minimum atomic E-state index is -0.195. The lowest BCUT2D eigenvalue weighted by Gasteiger charge is -2.09. The van der Waals surface area contributed by atoms with Crippen molar-refractivity contribution in [3.63, 3.8) is 0 Å². The molecule has 2 rings (SSSR count). The fourth-order valence-corrected chi connectivity index (χ4v) is 2.84. The molecule has 0 aliphatic carbocycles. The minimum Gasteiger partial charge on any atom is -0.338 e. The summed E-state index contributed by atoms with van der Waals surface area (Å²) in [6.07, 6.45) is 1.79. The standard InChI is InChI=1S/C19H22BrN3O2/c1-14(24)23-18-9-3-6-16(12-18)13-22-19(25)21-10-4-7-15-5-2-8-17(20)11-15/h2-3,5-6,8-9,11-12H,4,7,10,13H2,1H3,(H,23,24)(H2,21,22,25). The van der Waals surface area contributed by atoms with E-state index in [-0.39, 0.29) is 11.9 Å². The van der Waals surface area contributed by atoms with Gasteiger partial charge in [0.25, 0.3) is 0 Å². The Morgan fingerprint density at radius 2 is 1.76 bits per heavy atom. The average molecular weight is 404 g/mol. The van der Waals surface area contributed by atoms with E-state index in [1.807, 2.05) is 36.4 Å². The van der Waals surface area contributed by atoms with E-state index in [2.05, 4.69) is 44.0 Å². The van der Waals surface area contributed by atoms with E-state index in [1.165, 1.54) is 12.5 Å². The van der Waals surface area contributed by atoms with Gasteiger partial charge < -0.3 is 16.0 Å². The smallest absolute Gasteiger partial charge is 0.315 e. The molecule has 0 aliphatic rings. The van der Waals surface area contributed by atoms with E-state index >= 15 is 0 Å². The van der Waals surface area contributed by atoms with E-state index < -0.39 is 0 Å². The molecule has 0 atom stereocenters. The first-order chi connectivity index (χ1) is 12.0. The Labute approximate surface area is 156 Å². The van der Waals surface area contributed by atoms with Crippen LogP contribution in [-0.4, -0.2) is 18.5 Å². The van der Waals surface area contributed by atoms with Crippen molar-refractivity contribution in [2.75, 3.05) is 11.9 Å². The second-order valence-electron chi connectivity index (χ2n) is 5.72. The third kappa shape index (κ3) is 7.39. The van der Waals surface area contributed by atoms with Crippen LogP contribution >= 0.6 is 15.9 Å². The van der Waals surface area contributed by atoms with Crippen molar-refractivity contribution < 1.29 is 9.59 Å². The second kappa shape index (κ2) is 9.84. The van der Waals surface area contributed by atoms with Gasteiger partial charge in [0.2, 0.25) is 5.91 Å². The number of carbonyl (C=O) groups is 2. The first kappa shape index (κ1) is 19.0. The summed E-state index contributed by atoms with van der Waals surface area (Å²) < 4.78 is 1.07. The molecular formula is C19H22BrN3O2. The van der Waals surface area contributed by atoms with Crippen LogP contribution in [0.5, 0.6) is 0 Å². The van der Waals surface area contributed by atoms with Crippen LogP contribution in [0.15, 0.2) is 53.0 Å². The zero-order chi connectivity index (χ0) is 18.1. The van der Waals surface area contributed by atoms with Gasteiger partial charge in [0.15, 0.2) is 0 Å². The number of amides is 3. The molecule has 0 saturated heterocycles. The molecule has 0 aromatic heterocycles. The summed E-state index contributed by atoms with van der Waals surface area (Å²) in [5.41, 5.74) is 2.89. The lowest BCUT2D eigenvalue weighted by atomic mass is 10.1. The summed E-state index contributed by atoms with van der Waals surface area (Å²) in [5, 5.41) is 8.39. The number of hydrogen-bond acceptors (Lipinski definition) is 2. The van der Waals surface area contributed by atoms with Crippen LogP contribution in [-0.2, 0) is 17.8 Å². The zero-order valence-corrected chi connectivity index (χ0v) is 15.7. The maximum atomic E-state index is 11.8. The molecule has 6 heteroatoms. The predicted octanol–water partition coefficient (Wildman–Crippen LogP) is 3.84. The Kier molecular flexibility index (Phi) is 7.47. The zero-order valence-electron chi connectivity index (χ0n) is 14.1. The normalized spacial score (nSPS) is 10.2. The highest BCUT2D eigenvalue weighted by molar-refractivity contribution is 9.10. The lowest BCUT2D eigenvalue weighted by Crippen LogP contribution is -2.35. The molecule has 0 bridgehead atoms. The Hall–Kier alpha value is -2.34. The quantitative estimate of drug-likeness (QED) is 0.614. The molecule has 2 aromatic carbocycles. The fourth-order valence-electron chi connectivity index (χ4n) is 2.39. The number of rotatable bonds is 7. The van der Waals surface area contributed by atoms with Crippen LogP contribution in [0.2, 0.25) is 0 Å². The molecule has 132 valence electrons. The van der Waals surface area contributed by atoms with E-state index in [4.69, 9.17) is 0 Å². The van der Waals surface area contributed by atoms with Gasteiger partial charge in [0, 0.05) is 30.2 Å². The maximum Gasteiger partial charge on any atom is 0.315 e. The topological polar surface area (TPSA) is 70.2 Å². The van der Waals surface area contributed by atoms with Gasteiger partial charge in [-0.1, -0.05) is 40.2 Å². The predicted molar refractivity (Wildman–Crippen MR) is 103 cm³/mol. The number of aryl methyl sites for hydroxylation is 1. The first-order valence-corrected chi connectivity index (χ1v) is 8.95. The van der Waals surface area contributed by atoms with Crippen molar-refractivity contribution in [3.8, 4) is 0 Å². The summed E-state index contributed by atoms with van der Waals surface area (Å²) >= 11 is 3.45. The van der Waals surface area contributed by atoms with Crippen molar-refractivity contribution in [3.05, 3.63) is 64.1 Å². The number of urea groups is 1. The van der Waals surface area contributed by atoms with Crippen molar-refractivity contribution in [2.45, 2.75) is 26.3 Å². The number of benzene rings is 2. The number of hydrogen-bond donors (Lipinski definition) is 3. The number of anilines is 1. The first-order valence-electron chi connectivity index (χ1n) is 8.15. The fraction of sp³-hybridized carbons (Fsp3) is 0.263. The lowest BCUT2D eigenvalue weighted by molar-refractivity contribution is -0.114. The summed E-state index contributed by atoms with van der Waals surface area (Å²) in [7, 11) is 0. The largest absolute Gasteiger partial charge is 0.338 e. The Morgan fingerprint density at radius 1 is 1.00 bits per heavy atom. The number of halogens is 1. The summed E-state index contributed by atoms with van der Waals surface area (Å²) in [6.45, 7) is 2.49. The molecule has 5 nitrogen and oxygen atoms in total. The van der Waals surface area contributed by atoms with Gasteiger partial charge in [-0.3, -0.25) is 4.79 Å². The highest BCUT2D eigenvalue weighted by Gasteiger charge is 2.02. The molecule has 3 amide bonds. The monoisotopic (exact) mass is 403 g/mol. The summed E-state index contributed by atoms with van der Waals surface area (Å²) in [6, 6.07) is 15.4. The van der Waals surface area contributed by atoms with Gasteiger partial charge in [-0.15, -0.1) is 0 Å². The molecular weight excluding hydrogens is 382 g/mol. The molecule has 0 heterocycles. The molecule has 0 unspecified atom stereocenters. The van der Waals surface area contributed by atoms with Gasteiger partial charge in [-0.25, -0.2) is 4.79 Å². The van der Waals surface area contributed by atoms with E-state index in [0.29, 0.717) is 13.1 Å². The molecule has 3 N–H and O–H groups in total. The third-order valence-electron chi connectivity index (χ3n) is 3.52. The molecule has 0 radical (unpaired) electrons. The van der Waals surface area contributed by atoms with E-state index in [1.54, 1.807) is 0 Å². The van der Waals surface area contributed by atoms with Gasteiger partial charge in [-0.2, -0.15) is 0 Å². The van der Waals surface area contributed by atoms with Crippen LogP contribution < -0.4 is 16.0 Å². The van der Waals surface area contributed by atoms with E-state index in [9.17, 15) is 9.59 Å². The average Bonchev–Trinajstić information content (AvgIpc) is 2.57. The van der Waals surface area contributed by atoms with Crippen LogP contribution in [0.4, 0.5) is 10.5 Å². The molecule has 25 heavy (non-hydrogen) atoms. The van der Waals surface area contributed by atoms with Crippen LogP contribution in [0, 0.1) is 0 Å². The van der Waals surface area contributed by atoms with Crippen LogP contribution in [0.3, 0.4) is 0 Å². The SMILES string of the molecule is CC(=O)Nc1cccc(CNC(=O)NCCCc2cccc(Br)c2)c1. The molecule has 0 fully saturated rings. The van der Waals surface area contributed by atoms with Gasteiger partial charge in [0.05, 0.1) is 0 Å². The maximum absolute atomic E-state index is 11.8. The van der Waals surface area contributed by atoms with E-state index in [0.717, 1.165) is 28.6 Å².